The molecule has 2 aliphatic rings. The molecule has 0 radical (unpaired) electrons. The van der Waals surface area contributed by atoms with Crippen LogP contribution in [0.1, 0.15) is 49.7 Å². The van der Waals surface area contributed by atoms with Crippen LogP contribution in [0.3, 0.4) is 0 Å². The van der Waals surface area contributed by atoms with Gasteiger partial charge in [0.25, 0.3) is 0 Å². The minimum absolute atomic E-state index is 0.0347. The summed E-state index contributed by atoms with van der Waals surface area (Å²) in [5, 5.41) is 14.9. The van der Waals surface area contributed by atoms with Crippen molar-refractivity contribution >= 4 is 18.0 Å². The van der Waals surface area contributed by atoms with Gasteiger partial charge in [-0.1, -0.05) is 61.9 Å². The van der Waals surface area contributed by atoms with Crippen LogP contribution in [0.15, 0.2) is 48.5 Å². The molecule has 0 saturated carbocycles. The van der Waals surface area contributed by atoms with Crippen LogP contribution in [-0.2, 0) is 19.1 Å². The number of benzene rings is 2. The van der Waals surface area contributed by atoms with E-state index < -0.39 is 29.6 Å². The second kappa shape index (κ2) is 10.3. The fourth-order valence-electron chi connectivity index (χ4n) is 4.81. The monoisotopic (exact) mass is 466 g/mol. The standard InChI is InChI=1S/C26H30N2O6/c1-2-7-17(14-23(29)28-26(24(30)31)12-13-33-16-26)27-25(32)34-15-22-20-10-5-3-8-18(20)19-9-4-6-11-21(19)22/h3-6,8-11,17,22H,2,7,12-16H2,1H3,(H,27,32)(H,28,29)(H,30,31)/t17-,26?/m0/s1. The fraction of sp³-hybridized carbons (Fsp3) is 0.423. The summed E-state index contributed by atoms with van der Waals surface area (Å²) >= 11 is 0. The van der Waals surface area contributed by atoms with Crippen LogP contribution in [0, 0.1) is 0 Å². The maximum absolute atomic E-state index is 12.6. The topological polar surface area (TPSA) is 114 Å². The van der Waals surface area contributed by atoms with E-state index in [4.69, 9.17) is 9.47 Å². The van der Waals surface area contributed by atoms with Crippen molar-refractivity contribution in [1.82, 2.24) is 10.6 Å². The molecule has 2 amide bonds. The lowest BCUT2D eigenvalue weighted by molar-refractivity contribution is -0.147. The van der Waals surface area contributed by atoms with Gasteiger partial charge in [-0.2, -0.15) is 0 Å². The van der Waals surface area contributed by atoms with Gasteiger partial charge >= 0.3 is 12.1 Å². The summed E-state index contributed by atoms with van der Waals surface area (Å²) in [5.41, 5.74) is 3.14. The average molecular weight is 467 g/mol. The number of amides is 2. The van der Waals surface area contributed by atoms with Crippen LogP contribution in [0.5, 0.6) is 0 Å². The lowest BCUT2D eigenvalue weighted by atomic mass is 9.98. The van der Waals surface area contributed by atoms with Gasteiger partial charge in [0, 0.05) is 31.4 Å². The molecule has 1 aliphatic carbocycles. The van der Waals surface area contributed by atoms with Crippen LogP contribution in [-0.4, -0.2) is 54.5 Å². The Morgan fingerprint density at radius 2 is 1.76 bits per heavy atom. The normalized spacial score (nSPS) is 19.7. The van der Waals surface area contributed by atoms with Gasteiger partial charge in [-0.3, -0.25) is 4.79 Å². The van der Waals surface area contributed by atoms with Crippen LogP contribution in [0.4, 0.5) is 4.79 Å². The van der Waals surface area contributed by atoms with E-state index in [0.717, 1.165) is 28.7 Å². The zero-order chi connectivity index (χ0) is 24.1. The van der Waals surface area contributed by atoms with E-state index >= 15 is 0 Å². The number of carboxylic acids is 1. The van der Waals surface area contributed by atoms with E-state index in [1.165, 1.54) is 0 Å². The maximum Gasteiger partial charge on any atom is 0.407 e. The summed E-state index contributed by atoms with van der Waals surface area (Å²) in [6, 6.07) is 15.7. The Kier molecular flexibility index (Phi) is 7.17. The summed E-state index contributed by atoms with van der Waals surface area (Å²) in [4.78, 5) is 36.9. The zero-order valence-corrected chi connectivity index (χ0v) is 19.2. The Hall–Kier alpha value is -3.39. The first kappa shape index (κ1) is 23.8. The van der Waals surface area contributed by atoms with Gasteiger partial charge in [0.15, 0.2) is 5.54 Å². The molecule has 2 aromatic rings. The molecule has 1 aliphatic heterocycles. The lowest BCUT2D eigenvalue weighted by Gasteiger charge is -2.25. The van der Waals surface area contributed by atoms with E-state index in [-0.39, 0.29) is 38.6 Å². The molecule has 3 N–H and O–H groups in total. The van der Waals surface area contributed by atoms with Crippen LogP contribution >= 0.6 is 0 Å². The quantitative estimate of drug-likeness (QED) is 0.522. The summed E-state index contributed by atoms with van der Waals surface area (Å²) in [7, 11) is 0. The molecule has 34 heavy (non-hydrogen) atoms. The molecule has 4 rings (SSSR count). The predicted molar refractivity (Wildman–Crippen MR) is 125 cm³/mol. The Morgan fingerprint density at radius 3 is 2.32 bits per heavy atom. The Bertz CT molecular complexity index is 1020. The molecule has 2 aromatic carbocycles. The summed E-state index contributed by atoms with van der Waals surface area (Å²) in [5.74, 6) is -1.61. The van der Waals surface area contributed by atoms with Crippen molar-refractivity contribution in [3.8, 4) is 11.1 Å². The highest BCUT2D eigenvalue weighted by molar-refractivity contribution is 5.88. The number of aliphatic carboxylic acids is 1. The van der Waals surface area contributed by atoms with Crippen molar-refractivity contribution in [1.29, 1.82) is 0 Å². The zero-order valence-electron chi connectivity index (χ0n) is 19.2. The molecule has 8 heteroatoms. The average Bonchev–Trinajstić information content (AvgIpc) is 3.41. The summed E-state index contributed by atoms with van der Waals surface area (Å²) in [6.07, 6.45) is 0.896. The van der Waals surface area contributed by atoms with Crippen molar-refractivity contribution < 1.29 is 29.0 Å². The highest BCUT2D eigenvalue weighted by Gasteiger charge is 2.44. The number of fused-ring (bicyclic) bond motifs is 3. The molecule has 0 spiro atoms. The van der Waals surface area contributed by atoms with Gasteiger partial charge in [0.2, 0.25) is 5.91 Å². The Balaban J connectivity index is 1.35. The molecule has 1 fully saturated rings. The van der Waals surface area contributed by atoms with E-state index in [9.17, 15) is 19.5 Å². The van der Waals surface area contributed by atoms with Crippen LogP contribution in [0.2, 0.25) is 0 Å². The van der Waals surface area contributed by atoms with Crippen molar-refractivity contribution in [3.05, 3.63) is 59.7 Å². The largest absolute Gasteiger partial charge is 0.479 e. The second-order valence-electron chi connectivity index (χ2n) is 8.90. The molecular weight excluding hydrogens is 436 g/mol. The molecule has 1 unspecified atom stereocenters. The third-order valence-electron chi connectivity index (χ3n) is 6.54. The van der Waals surface area contributed by atoms with Gasteiger partial charge in [-0.25, -0.2) is 9.59 Å². The molecule has 1 heterocycles. The van der Waals surface area contributed by atoms with Crippen molar-refractivity contribution in [2.75, 3.05) is 19.8 Å². The number of alkyl carbamates (subject to hydrolysis) is 1. The van der Waals surface area contributed by atoms with Crippen LogP contribution < -0.4 is 10.6 Å². The molecule has 2 atom stereocenters. The molecule has 0 bridgehead atoms. The molecule has 180 valence electrons. The Morgan fingerprint density at radius 1 is 1.12 bits per heavy atom. The highest BCUT2D eigenvalue weighted by Crippen LogP contribution is 2.44. The first-order valence-electron chi connectivity index (χ1n) is 11.7. The van der Waals surface area contributed by atoms with Crippen LogP contribution in [0.25, 0.3) is 11.1 Å². The Labute approximate surface area is 198 Å². The third kappa shape index (κ3) is 4.92. The van der Waals surface area contributed by atoms with Gasteiger partial charge in [0.1, 0.15) is 6.61 Å². The number of nitrogens with one attached hydrogen (secondary N) is 2. The van der Waals surface area contributed by atoms with E-state index in [0.29, 0.717) is 6.42 Å². The maximum atomic E-state index is 12.6. The number of carboxylic acid groups (broad SMARTS) is 1. The van der Waals surface area contributed by atoms with Crippen molar-refractivity contribution in [2.45, 2.75) is 50.1 Å². The van der Waals surface area contributed by atoms with Gasteiger partial charge in [0.05, 0.1) is 6.61 Å². The number of hydrogen-bond acceptors (Lipinski definition) is 5. The van der Waals surface area contributed by atoms with Gasteiger partial charge in [-0.15, -0.1) is 0 Å². The summed E-state index contributed by atoms with van der Waals surface area (Å²) in [6.45, 7) is 2.35. The van der Waals surface area contributed by atoms with Gasteiger partial charge in [-0.05, 0) is 28.7 Å². The minimum Gasteiger partial charge on any atom is -0.479 e. The first-order chi connectivity index (χ1) is 16.4. The number of carbonyl (C=O) groups is 3. The van der Waals surface area contributed by atoms with Crippen molar-refractivity contribution in [3.63, 3.8) is 0 Å². The van der Waals surface area contributed by atoms with E-state index in [1.807, 2.05) is 31.2 Å². The van der Waals surface area contributed by atoms with E-state index in [2.05, 4.69) is 34.9 Å². The first-order valence-corrected chi connectivity index (χ1v) is 11.7. The molecular formula is C26H30N2O6. The SMILES string of the molecule is CCC[C@@H](CC(=O)NC1(C(=O)O)CCOC1)NC(=O)OCC1c2ccccc2-c2ccccc21. The molecule has 0 aromatic heterocycles. The smallest absolute Gasteiger partial charge is 0.407 e. The number of rotatable bonds is 9. The minimum atomic E-state index is -1.41. The van der Waals surface area contributed by atoms with Crippen molar-refractivity contribution in [2.24, 2.45) is 0 Å². The highest BCUT2D eigenvalue weighted by atomic mass is 16.5. The molecule has 1 saturated heterocycles. The van der Waals surface area contributed by atoms with E-state index in [1.54, 1.807) is 0 Å². The third-order valence-corrected chi connectivity index (χ3v) is 6.54. The second-order valence-corrected chi connectivity index (χ2v) is 8.90. The fourth-order valence-corrected chi connectivity index (χ4v) is 4.81. The van der Waals surface area contributed by atoms with Gasteiger partial charge < -0.3 is 25.2 Å². The lowest BCUT2D eigenvalue weighted by Crippen LogP contribution is -2.56. The summed E-state index contributed by atoms with van der Waals surface area (Å²) < 4.78 is 10.8. The number of ether oxygens (including phenoxy) is 2. The number of carbonyl (C=O) groups excluding carboxylic acids is 2. The molecule has 8 nitrogen and oxygen atoms in total. The predicted octanol–water partition coefficient (Wildman–Crippen LogP) is 3.44. The number of hydrogen-bond donors (Lipinski definition) is 3.